The van der Waals surface area contributed by atoms with Crippen molar-refractivity contribution in [1.82, 2.24) is 10.0 Å². The summed E-state index contributed by atoms with van der Waals surface area (Å²) in [4.78, 5) is 2.47. The van der Waals surface area contributed by atoms with Gasteiger partial charge in [0.05, 0.1) is 5.69 Å². The van der Waals surface area contributed by atoms with E-state index in [1.807, 2.05) is 26.2 Å². The molecule has 1 aromatic rings. The molecule has 0 radical (unpaired) electrons. The highest BCUT2D eigenvalue weighted by molar-refractivity contribution is 7.89. The van der Waals surface area contributed by atoms with Crippen LogP contribution in [0.25, 0.3) is 0 Å². The minimum Gasteiger partial charge on any atom is -0.371 e. The third kappa shape index (κ3) is 3.56. The van der Waals surface area contributed by atoms with E-state index < -0.39 is 10.0 Å². The Bertz CT molecular complexity index is 566. The molecule has 2 rings (SSSR count). The normalized spacial score (nSPS) is 23.0. The zero-order valence-electron chi connectivity index (χ0n) is 13.0. The maximum Gasteiger partial charge on any atom is 0.242 e. The minimum atomic E-state index is -3.43. The highest BCUT2D eigenvalue weighted by Gasteiger charge is 2.26. The molecule has 5 nitrogen and oxygen atoms in total. The second kappa shape index (κ2) is 6.77. The lowest BCUT2D eigenvalue weighted by Gasteiger charge is -2.36. The average molecular weight is 311 g/mol. The zero-order valence-corrected chi connectivity index (χ0v) is 13.8. The molecule has 2 N–H and O–H groups in total. The number of nitrogens with one attached hydrogen (secondary N) is 2. The first-order valence-corrected chi connectivity index (χ1v) is 8.90. The molecule has 21 heavy (non-hydrogen) atoms. The van der Waals surface area contributed by atoms with Crippen molar-refractivity contribution in [3.8, 4) is 0 Å². The molecule has 0 aliphatic heterocycles. The predicted octanol–water partition coefficient (Wildman–Crippen LogP) is 1.56. The second-order valence-corrected chi connectivity index (χ2v) is 7.44. The van der Waals surface area contributed by atoms with E-state index in [4.69, 9.17) is 0 Å². The van der Waals surface area contributed by atoms with Gasteiger partial charge >= 0.3 is 0 Å². The summed E-state index contributed by atoms with van der Waals surface area (Å²) >= 11 is 0. The quantitative estimate of drug-likeness (QED) is 0.866. The van der Waals surface area contributed by atoms with E-state index >= 15 is 0 Å². The second-order valence-electron chi connectivity index (χ2n) is 5.58. The van der Waals surface area contributed by atoms with E-state index in [1.165, 1.54) is 7.05 Å². The first-order valence-electron chi connectivity index (χ1n) is 7.42. The number of sulfonamides is 1. The Morgan fingerprint density at radius 1 is 1.10 bits per heavy atom. The molecule has 0 unspecified atom stereocenters. The Morgan fingerprint density at radius 3 is 2.29 bits per heavy atom. The lowest BCUT2D eigenvalue weighted by molar-refractivity contribution is 0.351. The van der Waals surface area contributed by atoms with Crippen molar-refractivity contribution in [1.29, 1.82) is 0 Å². The third-order valence-electron chi connectivity index (χ3n) is 4.46. The maximum atomic E-state index is 12.2. The van der Waals surface area contributed by atoms with Gasteiger partial charge in [0, 0.05) is 19.1 Å². The topological polar surface area (TPSA) is 61.4 Å². The van der Waals surface area contributed by atoms with Crippen LogP contribution in [0.15, 0.2) is 29.2 Å². The zero-order chi connectivity index (χ0) is 15.5. The summed E-state index contributed by atoms with van der Waals surface area (Å²) in [5.74, 6) is 0. The molecular weight excluding hydrogens is 286 g/mol. The smallest absolute Gasteiger partial charge is 0.242 e. The van der Waals surface area contributed by atoms with Crippen molar-refractivity contribution >= 4 is 15.7 Å². The summed E-state index contributed by atoms with van der Waals surface area (Å²) in [6.07, 6.45) is 4.42. The highest BCUT2D eigenvalue weighted by atomic mass is 32.2. The van der Waals surface area contributed by atoms with Crippen LogP contribution in [0.5, 0.6) is 0 Å². The van der Waals surface area contributed by atoms with Gasteiger partial charge in [-0.05, 0) is 51.9 Å². The van der Waals surface area contributed by atoms with Crippen molar-refractivity contribution in [3.63, 3.8) is 0 Å². The maximum absolute atomic E-state index is 12.2. The SMILES string of the molecule is CNC1CCC(N(C)c2ccccc2S(=O)(=O)NC)CC1. The number of hydrogen-bond acceptors (Lipinski definition) is 4. The Balaban J connectivity index is 2.22. The van der Waals surface area contributed by atoms with Gasteiger partial charge in [0.2, 0.25) is 10.0 Å². The molecule has 0 saturated heterocycles. The van der Waals surface area contributed by atoms with Gasteiger partial charge in [-0.25, -0.2) is 13.1 Å². The fraction of sp³-hybridized carbons (Fsp3) is 0.600. The minimum absolute atomic E-state index is 0.353. The van der Waals surface area contributed by atoms with Crippen molar-refractivity contribution in [3.05, 3.63) is 24.3 Å². The van der Waals surface area contributed by atoms with Crippen LogP contribution in [-0.4, -0.2) is 41.6 Å². The van der Waals surface area contributed by atoms with Gasteiger partial charge in [-0.1, -0.05) is 12.1 Å². The van der Waals surface area contributed by atoms with Crippen LogP contribution < -0.4 is 14.9 Å². The summed E-state index contributed by atoms with van der Waals surface area (Å²) in [7, 11) is 2.01. The van der Waals surface area contributed by atoms with Crippen molar-refractivity contribution < 1.29 is 8.42 Å². The van der Waals surface area contributed by atoms with E-state index in [0.29, 0.717) is 17.0 Å². The number of hydrogen-bond donors (Lipinski definition) is 2. The lowest BCUT2D eigenvalue weighted by Crippen LogP contribution is -2.40. The van der Waals surface area contributed by atoms with Gasteiger partial charge in [-0.15, -0.1) is 0 Å². The van der Waals surface area contributed by atoms with Gasteiger partial charge in [0.15, 0.2) is 0 Å². The molecule has 0 heterocycles. The fourth-order valence-electron chi connectivity index (χ4n) is 3.03. The van der Waals surface area contributed by atoms with Gasteiger partial charge < -0.3 is 10.2 Å². The summed E-state index contributed by atoms with van der Waals surface area (Å²) in [6.45, 7) is 0. The third-order valence-corrected chi connectivity index (χ3v) is 5.92. The van der Waals surface area contributed by atoms with Gasteiger partial charge in [-0.3, -0.25) is 0 Å². The molecule has 0 atom stereocenters. The van der Waals surface area contributed by atoms with Crippen LogP contribution >= 0.6 is 0 Å². The first kappa shape index (κ1) is 16.3. The summed E-state index contributed by atoms with van der Waals surface area (Å²) in [5.41, 5.74) is 0.778. The van der Waals surface area contributed by atoms with Gasteiger partial charge in [0.25, 0.3) is 0 Å². The Kier molecular flexibility index (Phi) is 5.24. The predicted molar refractivity (Wildman–Crippen MR) is 86.2 cm³/mol. The number of nitrogens with zero attached hydrogens (tertiary/aromatic N) is 1. The van der Waals surface area contributed by atoms with Crippen LogP contribution in [0.3, 0.4) is 0 Å². The molecule has 1 aliphatic carbocycles. The largest absolute Gasteiger partial charge is 0.371 e. The molecule has 0 amide bonds. The van der Waals surface area contributed by atoms with E-state index in [0.717, 1.165) is 31.4 Å². The summed E-state index contributed by atoms with van der Waals surface area (Å²) in [5, 5.41) is 3.32. The Hall–Kier alpha value is -1.11. The molecule has 0 spiro atoms. The summed E-state index contributed by atoms with van der Waals surface area (Å²) < 4.78 is 26.7. The highest BCUT2D eigenvalue weighted by Crippen LogP contribution is 2.30. The summed E-state index contributed by atoms with van der Waals surface area (Å²) in [6, 6.07) is 8.18. The molecule has 6 heteroatoms. The van der Waals surface area contributed by atoms with Crippen LogP contribution in [0, 0.1) is 0 Å². The van der Waals surface area contributed by atoms with Crippen molar-refractivity contribution in [2.75, 3.05) is 26.0 Å². The van der Waals surface area contributed by atoms with Crippen LogP contribution in [0.2, 0.25) is 0 Å². The molecular formula is C15H25N3O2S. The number of rotatable bonds is 5. The van der Waals surface area contributed by atoms with E-state index in [1.54, 1.807) is 12.1 Å². The van der Waals surface area contributed by atoms with E-state index in [2.05, 4.69) is 14.9 Å². The van der Waals surface area contributed by atoms with E-state index in [9.17, 15) is 8.42 Å². The number of benzene rings is 1. The number of anilines is 1. The van der Waals surface area contributed by atoms with Gasteiger partial charge in [0.1, 0.15) is 4.90 Å². The molecule has 0 aromatic heterocycles. The molecule has 1 aliphatic rings. The molecule has 0 bridgehead atoms. The molecule has 1 aromatic carbocycles. The fourth-order valence-corrected chi connectivity index (χ4v) is 4.00. The molecule has 118 valence electrons. The van der Waals surface area contributed by atoms with Crippen molar-refractivity contribution in [2.24, 2.45) is 0 Å². The standard InChI is InChI=1S/C15H25N3O2S/c1-16-12-8-10-13(11-9-12)18(3)14-6-4-5-7-15(14)21(19,20)17-2/h4-7,12-13,16-17H,8-11H2,1-3H3. The Morgan fingerprint density at radius 2 is 1.71 bits per heavy atom. The lowest BCUT2D eigenvalue weighted by atomic mass is 9.90. The van der Waals surface area contributed by atoms with Crippen molar-refractivity contribution in [2.45, 2.75) is 42.7 Å². The Labute approximate surface area is 127 Å². The first-order chi connectivity index (χ1) is 9.99. The number of para-hydroxylation sites is 1. The van der Waals surface area contributed by atoms with Gasteiger partial charge in [-0.2, -0.15) is 0 Å². The monoisotopic (exact) mass is 311 g/mol. The van der Waals surface area contributed by atoms with Crippen LogP contribution in [-0.2, 0) is 10.0 Å². The van der Waals surface area contributed by atoms with Crippen LogP contribution in [0.1, 0.15) is 25.7 Å². The van der Waals surface area contributed by atoms with Crippen LogP contribution in [0.4, 0.5) is 5.69 Å². The van der Waals surface area contributed by atoms with E-state index in [-0.39, 0.29) is 0 Å². The average Bonchev–Trinajstić information content (AvgIpc) is 2.54. The molecule has 1 saturated carbocycles. The molecule has 1 fully saturated rings.